The SMILES string of the molecule is CC(C)(C)n1c(C2CCCOC2)nnc1S(=O)(=O)Cl. The molecule has 6 nitrogen and oxygen atoms in total. The number of rotatable bonds is 2. The molecule has 8 heteroatoms. The third-order valence-corrected chi connectivity index (χ3v) is 4.19. The molecular formula is C11H18ClN3O3S. The van der Waals surface area contributed by atoms with Crippen molar-refractivity contribution in [1.82, 2.24) is 14.8 Å². The molecule has 0 amide bonds. The second-order valence-corrected chi connectivity index (χ2v) is 8.16. The number of halogens is 1. The molecule has 1 atom stereocenters. The van der Waals surface area contributed by atoms with Crippen LogP contribution in [0.5, 0.6) is 0 Å². The average molecular weight is 308 g/mol. The van der Waals surface area contributed by atoms with Crippen LogP contribution in [0.4, 0.5) is 0 Å². The quantitative estimate of drug-likeness (QED) is 0.780. The van der Waals surface area contributed by atoms with E-state index in [0.29, 0.717) is 12.4 Å². The average Bonchev–Trinajstić information content (AvgIpc) is 2.74. The minimum absolute atomic E-state index is 0.0626. The lowest BCUT2D eigenvalue weighted by Gasteiger charge is -2.28. The van der Waals surface area contributed by atoms with E-state index in [2.05, 4.69) is 10.2 Å². The number of nitrogens with zero attached hydrogens (tertiary/aromatic N) is 3. The summed E-state index contributed by atoms with van der Waals surface area (Å²) in [5.74, 6) is 0.694. The molecule has 2 heterocycles. The van der Waals surface area contributed by atoms with Gasteiger partial charge in [-0.1, -0.05) is 0 Å². The first kappa shape index (κ1) is 14.7. The third kappa shape index (κ3) is 3.09. The zero-order valence-electron chi connectivity index (χ0n) is 11.3. The molecule has 0 bridgehead atoms. The highest BCUT2D eigenvalue weighted by Gasteiger charge is 2.33. The molecule has 1 aliphatic rings. The van der Waals surface area contributed by atoms with Gasteiger partial charge in [0.1, 0.15) is 5.82 Å². The molecule has 1 unspecified atom stereocenters. The Labute approximate surface area is 117 Å². The lowest BCUT2D eigenvalue weighted by molar-refractivity contribution is 0.0753. The summed E-state index contributed by atoms with van der Waals surface area (Å²) in [6, 6.07) is 0. The van der Waals surface area contributed by atoms with Crippen LogP contribution in [0.2, 0.25) is 0 Å². The van der Waals surface area contributed by atoms with Crippen LogP contribution < -0.4 is 0 Å². The van der Waals surface area contributed by atoms with Crippen LogP contribution in [0.3, 0.4) is 0 Å². The van der Waals surface area contributed by atoms with E-state index in [0.717, 1.165) is 19.4 Å². The van der Waals surface area contributed by atoms with Gasteiger partial charge >= 0.3 is 0 Å². The number of ether oxygens (including phenoxy) is 1. The second-order valence-electron chi connectivity index (χ2n) is 5.70. The molecule has 108 valence electrons. The van der Waals surface area contributed by atoms with Crippen LogP contribution in [-0.4, -0.2) is 36.4 Å². The van der Waals surface area contributed by atoms with Crippen molar-refractivity contribution in [2.24, 2.45) is 0 Å². The molecule has 0 saturated carbocycles. The van der Waals surface area contributed by atoms with E-state index in [4.69, 9.17) is 15.4 Å². The summed E-state index contributed by atoms with van der Waals surface area (Å²) < 4.78 is 30.3. The fourth-order valence-corrected chi connectivity index (χ4v) is 3.30. The minimum Gasteiger partial charge on any atom is -0.381 e. The van der Waals surface area contributed by atoms with Crippen molar-refractivity contribution in [2.75, 3.05) is 13.2 Å². The Balaban J connectivity index is 2.53. The van der Waals surface area contributed by atoms with Crippen molar-refractivity contribution in [3.05, 3.63) is 5.82 Å². The maximum Gasteiger partial charge on any atom is 0.296 e. The molecule has 19 heavy (non-hydrogen) atoms. The van der Waals surface area contributed by atoms with Crippen molar-refractivity contribution in [3.63, 3.8) is 0 Å². The molecule has 0 aliphatic carbocycles. The topological polar surface area (TPSA) is 74.1 Å². The van der Waals surface area contributed by atoms with Crippen molar-refractivity contribution in [3.8, 4) is 0 Å². The van der Waals surface area contributed by atoms with Crippen molar-refractivity contribution in [1.29, 1.82) is 0 Å². The van der Waals surface area contributed by atoms with Crippen molar-refractivity contribution < 1.29 is 13.2 Å². The van der Waals surface area contributed by atoms with E-state index in [1.165, 1.54) is 0 Å². The van der Waals surface area contributed by atoms with E-state index in [1.807, 2.05) is 20.8 Å². The van der Waals surface area contributed by atoms with E-state index in [1.54, 1.807) is 4.57 Å². The second kappa shape index (κ2) is 5.03. The van der Waals surface area contributed by atoms with Gasteiger partial charge in [0.25, 0.3) is 14.2 Å². The molecule has 1 aromatic heterocycles. The van der Waals surface area contributed by atoms with E-state index >= 15 is 0 Å². The zero-order chi connectivity index (χ0) is 14.3. The first-order chi connectivity index (χ1) is 8.71. The van der Waals surface area contributed by atoms with Gasteiger partial charge in [-0.05, 0) is 33.6 Å². The summed E-state index contributed by atoms with van der Waals surface area (Å²) >= 11 is 0. The Morgan fingerprint density at radius 2 is 2.05 bits per heavy atom. The van der Waals surface area contributed by atoms with E-state index < -0.39 is 14.6 Å². The standard InChI is InChI=1S/C11H18ClN3O3S/c1-11(2,3)15-9(8-5-4-6-18-7-8)13-14-10(15)19(12,16)17/h8H,4-7H2,1-3H3. The fourth-order valence-electron chi connectivity index (χ4n) is 2.28. The van der Waals surface area contributed by atoms with E-state index in [-0.39, 0.29) is 11.1 Å². The molecular weight excluding hydrogens is 290 g/mol. The Kier molecular flexibility index (Phi) is 3.90. The molecule has 0 radical (unpaired) electrons. The van der Waals surface area contributed by atoms with E-state index in [9.17, 15) is 8.42 Å². The smallest absolute Gasteiger partial charge is 0.296 e. The molecule has 1 aliphatic heterocycles. The predicted octanol–water partition coefficient (Wildman–Crippen LogP) is 1.85. The minimum atomic E-state index is -3.91. The van der Waals surface area contributed by atoms with Crippen LogP contribution in [-0.2, 0) is 19.3 Å². The van der Waals surface area contributed by atoms with Gasteiger partial charge in [0.2, 0.25) is 0 Å². The molecule has 0 N–H and O–H groups in total. The van der Waals surface area contributed by atoms with Gasteiger partial charge in [0.15, 0.2) is 0 Å². The monoisotopic (exact) mass is 307 g/mol. The van der Waals surface area contributed by atoms with Gasteiger partial charge in [-0.3, -0.25) is 4.57 Å². The highest BCUT2D eigenvalue weighted by atomic mass is 35.7. The van der Waals surface area contributed by atoms with Gasteiger partial charge in [0, 0.05) is 28.7 Å². The highest BCUT2D eigenvalue weighted by molar-refractivity contribution is 8.13. The fraction of sp³-hybridized carbons (Fsp3) is 0.818. The summed E-state index contributed by atoms with van der Waals surface area (Å²) in [6.45, 7) is 6.97. The number of aromatic nitrogens is 3. The Morgan fingerprint density at radius 3 is 2.53 bits per heavy atom. The molecule has 2 rings (SSSR count). The zero-order valence-corrected chi connectivity index (χ0v) is 12.8. The first-order valence-electron chi connectivity index (χ1n) is 6.19. The predicted molar refractivity (Wildman–Crippen MR) is 70.9 cm³/mol. The van der Waals surface area contributed by atoms with Crippen LogP contribution in [0.1, 0.15) is 45.4 Å². The highest BCUT2D eigenvalue weighted by Crippen LogP contribution is 2.31. The van der Waals surface area contributed by atoms with Gasteiger partial charge in [0.05, 0.1) is 6.61 Å². The van der Waals surface area contributed by atoms with Crippen LogP contribution in [0.15, 0.2) is 5.16 Å². The summed E-state index contributed by atoms with van der Waals surface area (Å²) in [4.78, 5) is 0. The molecule has 1 fully saturated rings. The lowest BCUT2D eigenvalue weighted by Crippen LogP contribution is -2.30. The maximum atomic E-state index is 11.6. The van der Waals surface area contributed by atoms with Gasteiger partial charge < -0.3 is 4.74 Å². The first-order valence-corrected chi connectivity index (χ1v) is 8.50. The Morgan fingerprint density at radius 1 is 1.37 bits per heavy atom. The summed E-state index contributed by atoms with van der Waals surface area (Å²) in [7, 11) is 1.53. The molecule has 1 aromatic rings. The largest absolute Gasteiger partial charge is 0.381 e. The number of hydrogen-bond donors (Lipinski definition) is 0. The van der Waals surface area contributed by atoms with Crippen molar-refractivity contribution in [2.45, 2.75) is 50.2 Å². The Hall–Kier alpha value is -0.660. The summed E-state index contributed by atoms with van der Waals surface area (Å²) in [6.07, 6.45) is 1.85. The molecule has 0 aromatic carbocycles. The summed E-state index contributed by atoms with van der Waals surface area (Å²) in [5.41, 5.74) is -0.465. The summed E-state index contributed by atoms with van der Waals surface area (Å²) in [5, 5.41) is 7.62. The third-order valence-electron chi connectivity index (χ3n) is 3.07. The van der Waals surface area contributed by atoms with Gasteiger partial charge in [-0.15, -0.1) is 10.2 Å². The van der Waals surface area contributed by atoms with Gasteiger partial charge in [-0.25, -0.2) is 8.42 Å². The van der Waals surface area contributed by atoms with Crippen LogP contribution in [0, 0.1) is 0 Å². The number of hydrogen-bond acceptors (Lipinski definition) is 5. The molecule has 1 saturated heterocycles. The normalized spacial score (nSPS) is 21.6. The van der Waals surface area contributed by atoms with Crippen molar-refractivity contribution >= 4 is 19.7 Å². The van der Waals surface area contributed by atoms with Crippen LogP contribution in [0.25, 0.3) is 0 Å². The van der Waals surface area contributed by atoms with Crippen LogP contribution >= 0.6 is 10.7 Å². The van der Waals surface area contributed by atoms with Gasteiger partial charge in [-0.2, -0.15) is 0 Å². The molecule has 0 spiro atoms. The lowest BCUT2D eigenvalue weighted by atomic mass is 9.99. The Bertz CT molecular complexity index is 556. The maximum absolute atomic E-state index is 11.6.